The van der Waals surface area contributed by atoms with Gasteiger partial charge in [-0.1, -0.05) is 12.1 Å². The molecule has 1 aromatic rings. The molecule has 6 nitrogen and oxygen atoms in total. The van der Waals surface area contributed by atoms with E-state index in [0.29, 0.717) is 12.2 Å². The maximum atomic E-state index is 12.3. The molecule has 2 heterocycles. The van der Waals surface area contributed by atoms with Gasteiger partial charge in [-0.15, -0.1) is 0 Å². The van der Waals surface area contributed by atoms with Gasteiger partial charge in [0.15, 0.2) is 0 Å². The third-order valence-electron chi connectivity index (χ3n) is 4.55. The van der Waals surface area contributed by atoms with Crippen molar-refractivity contribution in [2.24, 2.45) is 5.92 Å². The second-order valence-electron chi connectivity index (χ2n) is 5.79. The Kier molecular flexibility index (Phi) is 3.85. The number of amides is 1. The molecule has 0 aromatic heterocycles. The Balaban J connectivity index is 2.01. The molecular weight excluding hydrogens is 298 g/mol. The number of carbonyl (C=O) groups excluding carboxylic acids is 2. The van der Waals surface area contributed by atoms with Gasteiger partial charge in [0.25, 0.3) is 0 Å². The van der Waals surface area contributed by atoms with Crippen LogP contribution < -0.4 is 4.74 Å². The summed E-state index contributed by atoms with van der Waals surface area (Å²) in [6, 6.07) is 7.13. The van der Waals surface area contributed by atoms with Crippen LogP contribution in [-0.2, 0) is 14.3 Å². The van der Waals surface area contributed by atoms with Gasteiger partial charge >= 0.3 is 5.97 Å². The molecule has 2 aliphatic heterocycles. The third-order valence-corrected chi connectivity index (χ3v) is 4.55. The average Bonchev–Trinajstić information content (AvgIpc) is 2.88. The minimum absolute atomic E-state index is 0.186. The number of hydrogen-bond donors (Lipinski definition) is 1. The van der Waals surface area contributed by atoms with E-state index in [1.165, 1.54) is 12.0 Å². The van der Waals surface area contributed by atoms with Crippen LogP contribution in [0.25, 0.3) is 5.57 Å². The molecule has 0 radical (unpaired) electrons. The standard InChI is InChI=1S/C17H19NO5/c1-9(19)14-13-8-12(10-4-6-11(22-2)7-5-10)15(17(21)23-3)18(13)16(14)20/h4-7,9,13-14,19H,8H2,1-3H3/t9-,13-,14-/m1/s1. The first-order valence-corrected chi connectivity index (χ1v) is 7.46. The van der Waals surface area contributed by atoms with Gasteiger partial charge < -0.3 is 19.5 Å². The fourth-order valence-electron chi connectivity index (χ4n) is 3.41. The first-order chi connectivity index (χ1) is 11.0. The van der Waals surface area contributed by atoms with Crippen LogP contribution in [0.2, 0.25) is 0 Å². The van der Waals surface area contributed by atoms with E-state index in [1.54, 1.807) is 26.2 Å². The Morgan fingerprint density at radius 1 is 1.30 bits per heavy atom. The summed E-state index contributed by atoms with van der Waals surface area (Å²) in [7, 11) is 2.88. The summed E-state index contributed by atoms with van der Waals surface area (Å²) in [4.78, 5) is 25.9. The maximum Gasteiger partial charge on any atom is 0.355 e. The highest BCUT2D eigenvalue weighted by atomic mass is 16.5. The third kappa shape index (κ3) is 2.30. The van der Waals surface area contributed by atoms with Crippen LogP contribution in [0.1, 0.15) is 18.9 Å². The van der Waals surface area contributed by atoms with Crippen molar-refractivity contribution in [3.63, 3.8) is 0 Å². The summed E-state index contributed by atoms with van der Waals surface area (Å²) in [6.45, 7) is 1.60. The molecule has 1 aromatic carbocycles. The van der Waals surface area contributed by atoms with Gasteiger partial charge in [-0.2, -0.15) is 0 Å². The Morgan fingerprint density at radius 2 is 1.96 bits per heavy atom. The van der Waals surface area contributed by atoms with Gasteiger partial charge in [-0.05, 0) is 36.6 Å². The number of aliphatic hydroxyl groups is 1. The summed E-state index contributed by atoms with van der Waals surface area (Å²) in [6.07, 6.45) is -0.212. The van der Waals surface area contributed by atoms with Crippen molar-refractivity contribution in [1.29, 1.82) is 0 Å². The van der Waals surface area contributed by atoms with E-state index in [0.717, 1.165) is 11.1 Å². The van der Waals surface area contributed by atoms with Crippen molar-refractivity contribution >= 4 is 17.4 Å². The monoisotopic (exact) mass is 317 g/mol. The molecule has 3 atom stereocenters. The first kappa shape index (κ1) is 15.6. The van der Waals surface area contributed by atoms with E-state index in [4.69, 9.17) is 9.47 Å². The number of esters is 1. The fourth-order valence-corrected chi connectivity index (χ4v) is 3.41. The Morgan fingerprint density at radius 3 is 2.48 bits per heavy atom. The van der Waals surface area contributed by atoms with Crippen LogP contribution >= 0.6 is 0 Å². The van der Waals surface area contributed by atoms with Crippen molar-refractivity contribution in [1.82, 2.24) is 4.90 Å². The van der Waals surface area contributed by atoms with E-state index in [9.17, 15) is 14.7 Å². The highest BCUT2D eigenvalue weighted by Crippen LogP contribution is 2.47. The molecule has 0 unspecified atom stereocenters. The smallest absolute Gasteiger partial charge is 0.355 e. The van der Waals surface area contributed by atoms with E-state index in [-0.39, 0.29) is 17.6 Å². The average molecular weight is 317 g/mol. The lowest BCUT2D eigenvalue weighted by Gasteiger charge is -2.44. The summed E-state index contributed by atoms with van der Waals surface area (Å²) in [5.41, 5.74) is 1.89. The molecule has 1 amide bonds. The highest BCUT2D eigenvalue weighted by molar-refractivity contribution is 6.06. The van der Waals surface area contributed by atoms with Crippen LogP contribution in [0, 0.1) is 5.92 Å². The van der Waals surface area contributed by atoms with E-state index in [2.05, 4.69) is 0 Å². The predicted molar refractivity (Wildman–Crippen MR) is 82.4 cm³/mol. The summed E-state index contributed by atoms with van der Waals surface area (Å²) < 4.78 is 9.99. The number of benzene rings is 1. The van der Waals surface area contributed by atoms with Crippen molar-refractivity contribution in [3.8, 4) is 5.75 Å². The van der Waals surface area contributed by atoms with Crippen LogP contribution in [-0.4, -0.2) is 48.2 Å². The minimum atomic E-state index is -0.738. The Hall–Kier alpha value is -2.34. The zero-order chi connectivity index (χ0) is 16.7. The number of nitrogens with zero attached hydrogens (tertiary/aromatic N) is 1. The largest absolute Gasteiger partial charge is 0.497 e. The second kappa shape index (κ2) is 5.70. The number of aliphatic hydroxyl groups excluding tert-OH is 1. The van der Waals surface area contributed by atoms with Crippen molar-refractivity contribution in [3.05, 3.63) is 35.5 Å². The summed E-state index contributed by atoms with van der Waals surface area (Å²) in [5, 5.41) is 9.80. The Bertz CT molecular complexity index is 677. The van der Waals surface area contributed by atoms with Crippen LogP contribution in [0.3, 0.4) is 0 Å². The number of fused-ring (bicyclic) bond motifs is 1. The molecule has 1 fully saturated rings. The topological polar surface area (TPSA) is 76.1 Å². The van der Waals surface area contributed by atoms with Gasteiger partial charge in [0.2, 0.25) is 5.91 Å². The molecule has 3 rings (SSSR count). The molecule has 1 saturated heterocycles. The zero-order valence-corrected chi connectivity index (χ0v) is 13.3. The normalized spacial score (nSPS) is 24.2. The van der Waals surface area contributed by atoms with Crippen LogP contribution in [0.5, 0.6) is 5.75 Å². The van der Waals surface area contributed by atoms with E-state index < -0.39 is 18.0 Å². The molecule has 0 saturated carbocycles. The number of rotatable bonds is 4. The molecule has 0 aliphatic carbocycles. The molecule has 6 heteroatoms. The molecule has 2 aliphatic rings. The van der Waals surface area contributed by atoms with Crippen LogP contribution in [0.4, 0.5) is 0 Å². The minimum Gasteiger partial charge on any atom is -0.497 e. The lowest BCUT2D eigenvalue weighted by atomic mass is 9.82. The second-order valence-corrected chi connectivity index (χ2v) is 5.79. The quantitative estimate of drug-likeness (QED) is 0.667. The van der Waals surface area contributed by atoms with Crippen molar-refractivity contribution in [2.45, 2.75) is 25.5 Å². The molecule has 1 N–H and O–H groups in total. The SMILES string of the molecule is COC(=O)C1=C(c2ccc(OC)cc2)C[C@@H]2[C@@H]([C@@H](C)O)C(=O)N12. The van der Waals surface area contributed by atoms with Crippen molar-refractivity contribution < 1.29 is 24.2 Å². The van der Waals surface area contributed by atoms with Gasteiger partial charge in [0, 0.05) is 0 Å². The zero-order valence-electron chi connectivity index (χ0n) is 13.3. The van der Waals surface area contributed by atoms with Crippen LogP contribution in [0.15, 0.2) is 30.0 Å². The van der Waals surface area contributed by atoms with E-state index >= 15 is 0 Å². The Labute approximate surface area is 134 Å². The van der Waals surface area contributed by atoms with Crippen molar-refractivity contribution in [2.75, 3.05) is 14.2 Å². The number of β-lactam (4-membered cyclic amide) rings is 1. The molecular formula is C17H19NO5. The number of methoxy groups -OCH3 is 2. The predicted octanol–water partition coefficient (Wildman–Crippen LogP) is 1.19. The van der Waals surface area contributed by atoms with Gasteiger partial charge in [-0.25, -0.2) is 4.79 Å². The number of carbonyl (C=O) groups is 2. The summed E-state index contributed by atoms with van der Waals surface area (Å²) >= 11 is 0. The maximum absolute atomic E-state index is 12.3. The molecule has 0 bridgehead atoms. The molecule has 0 spiro atoms. The van der Waals surface area contributed by atoms with Gasteiger partial charge in [-0.3, -0.25) is 4.79 Å². The lowest BCUT2D eigenvalue weighted by molar-refractivity contribution is -0.161. The highest BCUT2D eigenvalue weighted by Gasteiger charge is 2.56. The van der Waals surface area contributed by atoms with Gasteiger partial charge in [0.05, 0.1) is 32.3 Å². The molecule has 23 heavy (non-hydrogen) atoms. The fraction of sp³-hybridized carbons (Fsp3) is 0.412. The lowest BCUT2D eigenvalue weighted by Crippen LogP contribution is -2.61. The number of ether oxygens (including phenoxy) is 2. The molecule has 122 valence electrons. The van der Waals surface area contributed by atoms with E-state index in [1.807, 2.05) is 12.1 Å². The number of hydrogen-bond acceptors (Lipinski definition) is 5. The summed E-state index contributed by atoms with van der Waals surface area (Å²) in [5.74, 6) is -0.511. The first-order valence-electron chi connectivity index (χ1n) is 7.46. The van der Waals surface area contributed by atoms with Gasteiger partial charge in [0.1, 0.15) is 11.4 Å².